The van der Waals surface area contributed by atoms with E-state index in [1.807, 2.05) is 40.8 Å². The number of methoxy groups -OCH3 is 1. The Kier molecular flexibility index (Phi) is 5.30. The first-order chi connectivity index (χ1) is 12.0. The highest BCUT2D eigenvalue weighted by Gasteiger charge is 2.27. The molecule has 1 unspecified atom stereocenters. The van der Waals surface area contributed by atoms with Gasteiger partial charge in [0.2, 0.25) is 0 Å². The van der Waals surface area contributed by atoms with Crippen molar-refractivity contribution in [3.05, 3.63) is 30.0 Å². The number of hydrogen-bond acceptors (Lipinski definition) is 4. The van der Waals surface area contributed by atoms with Gasteiger partial charge in [-0.1, -0.05) is 0 Å². The Balaban J connectivity index is 1.78. The van der Waals surface area contributed by atoms with E-state index in [1.54, 1.807) is 7.11 Å². The van der Waals surface area contributed by atoms with Crippen molar-refractivity contribution in [1.82, 2.24) is 14.4 Å². The molecule has 1 aliphatic rings. The number of carbonyl (C=O) groups excluding carboxylic acids is 1. The van der Waals surface area contributed by atoms with Crippen LogP contribution in [0.15, 0.2) is 24.3 Å². The number of aryl methyl sites for hydroxylation is 1. The first-order valence-electron chi connectivity index (χ1n) is 8.68. The number of morpholine rings is 1. The van der Waals surface area contributed by atoms with E-state index in [2.05, 4.69) is 19.0 Å². The monoisotopic (exact) mass is 345 g/mol. The summed E-state index contributed by atoms with van der Waals surface area (Å²) in [6.45, 7) is 2.85. The van der Waals surface area contributed by atoms with Gasteiger partial charge in [0.1, 0.15) is 11.4 Å². The number of nitrogens with zero attached hydrogens (tertiary/aromatic N) is 3. The van der Waals surface area contributed by atoms with Gasteiger partial charge in [0.25, 0.3) is 5.91 Å². The number of carbonyl (C=O) groups is 1. The normalized spacial score (nSPS) is 18.1. The Hall–Kier alpha value is -2.05. The summed E-state index contributed by atoms with van der Waals surface area (Å²) in [5.74, 6) is 0.864. The molecule has 2 aromatic rings. The van der Waals surface area contributed by atoms with Crippen LogP contribution in [0.3, 0.4) is 0 Å². The van der Waals surface area contributed by atoms with Crippen molar-refractivity contribution >= 4 is 16.8 Å². The number of aromatic nitrogens is 1. The van der Waals surface area contributed by atoms with Gasteiger partial charge in [0.05, 0.1) is 19.8 Å². The predicted molar refractivity (Wildman–Crippen MR) is 98.3 cm³/mol. The molecule has 1 aliphatic heterocycles. The highest BCUT2D eigenvalue weighted by atomic mass is 16.5. The van der Waals surface area contributed by atoms with E-state index >= 15 is 0 Å². The van der Waals surface area contributed by atoms with E-state index in [0.29, 0.717) is 25.4 Å². The van der Waals surface area contributed by atoms with Crippen molar-refractivity contribution in [3.63, 3.8) is 0 Å². The van der Waals surface area contributed by atoms with Crippen molar-refractivity contribution in [2.24, 2.45) is 7.05 Å². The summed E-state index contributed by atoms with van der Waals surface area (Å²) in [5.41, 5.74) is 1.73. The lowest BCUT2D eigenvalue weighted by molar-refractivity contribution is -0.0272. The third kappa shape index (κ3) is 3.80. The molecule has 3 rings (SSSR count). The summed E-state index contributed by atoms with van der Waals surface area (Å²) in [4.78, 5) is 17.1. The zero-order valence-corrected chi connectivity index (χ0v) is 15.5. The molecule has 0 aliphatic carbocycles. The van der Waals surface area contributed by atoms with Crippen LogP contribution in [-0.4, -0.2) is 73.8 Å². The minimum Gasteiger partial charge on any atom is -0.497 e. The molecule has 0 saturated carbocycles. The molecule has 1 aromatic heterocycles. The minimum absolute atomic E-state index is 0.0656. The number of ether oxygens (including phenoxy) is 2. The van der Waals surface area contributed by atoms with Crippen LogP contribution in [0.1, 0.15) is 16.9 Å². The molecule has 0 radical (unpaired) electrons. The van der Waals surface area contributed by atoms with E-state index in [0.717, 1.165) is 29.6 Å². The molecule has 25 heavy (non-hydrogen) atoms. The van der Waals surface area contributed by atoms with Crippen LogP contribution in [0.25, 0.3) is 10.9 Å². The first kappa shape index (κ1) is 17.8. The predicted octanol–water partition coefficient (Wildman–Crippen LogP) is 1.98. The van der Waals surface area contributed by atoms with E-state index in [4.69, 9.17) is 9.47 Å². The molecule has 2 heterocycles. The van der Waals surface area contributed by atoms with Crippen LogP contribution in [0.2, 0.25) is 0 Å². The second-order valence-electron chi connectivity index (χ2n) is 6.85. The number of fused-ring (bicyclic) bond motifs is 1. The Bertz CT molecular complexity index is 754. The Morgan fingerprint density at radius 2 is 2.16 bits per heavy atom. The van der Waals surface area contributed by atoms with Gasteiger partial charge in [0.15, 0.2) is 0 Å². The highest BCUT2D eigenvalue weighted by molar-refractivity contribution is 5.99. The molecule has 1 saturated heterocycles. The van der Waals surface area contributed by atoms with Gasteiger partial charge in [0, 0.05) is 37.6 Å². The molecule has 1 fully saturated rings. The molecule has 0 bridgehead atoms. The summed E-state index contributed by atoms with van der Waals surface area (Å²) in [5, 5.41) is 1.02. The topological polar surface area (TPSA) is 46.9 Å². The van der Waals surface area contributed by atoms with Gasteiger partial charge < -0.3 is 23.8 Å². The number of rotatable bonds is 5. The number of amides is 1. The van der Waals surface area contributed by atoms with Crippen LogP contribution in [0.5, 0.6) is 5.75 Å². The fourth-order valence-electron chi connectivity index (χ4n) is 3.30. The van der Waals surface area contributed by atoms with Gasteiger partial charge in [-0.2, -0.15) is 0 Å². The Labute approximate surface area is 148 Å². The second kappa shape index (κ2) is 7.45. The number of hydrogen-bond donors (Lipinski definition) is 0. The van der Waals surface area contributed by atoms with Crippen LogP contribution >= 0.6 is 0 Å². The summed E-state index contributed by atoms with van der Waals surface area (Å²) in [6, 6.07) is 7.82. The molecule has 1 amide bonds. The van der Waals surface area contributed by atoms with Crippen molar-refractivity contribution in [2.45, 2.75) is 12.5 Å². The maximum absolute atomic E-state index is 13.0. The Morgan fingerprint density at radius 3 is 2.88 bits per heavy atom. The third-order valence-corrected chi connectivity index (χ3v) is 4.79. The summed E-state index contributed by atoms with van der Waals surface area (Å²) in [7, 11) is 7.69. The van der Waals surface area contributed by atoms with Gasteiger partial charge in [-0.3, -0.25) is 4.79 Å². The standard InChI is InChI=1S/C19H27N3O3/c1-20(2)8-7-16-13-22(9-10-25-16)19(23)18-12-14-11-15(24-4)5-6-17(14)21(18)3/h5-6,11-12,16H,7-10,13H2,1-4H3. The van der Waals surface area contributed by atoms with Gasteiger partial charge in [-0.25, -0.2) is 0 Å². The lowest BCUT2D eigenvalue weighted by atomic mass is 10.2. The van der Waals surface area contributed by atoms with E-state index in [-0.39, 0.29) is 12.0 Å². The van der Waals surface area contributed by atoms with Crippen LogP contribution in [0, 0.1) is 0 Å². The van der Waals surface area contributed by atoms with Crippen LogP contribution < -0.4 is 4.74 Å². The van der Waals surface area contributed by atoms with E-state index in [9.17, 15) is 4.79 Å². The summed E-state index contributed by atoms with van der Waals surface area (Å²) >= 11 is 0. The molecule has 6 heteroatoms. The van der Waals surface area contributed by atoms with E-state index in [1.165, 1.54) is 0 Å². The second-order valence-corrected chi connectivity index (χ2v) is 6.85. The van der Waals surface area contributed by atoms with Gasteiger partial charge >= 0.3 is 0 Å². The molecule has 6 nitrogen and oxygen atoms in total. The van der Waals surface area contributed by atoms with Crippen molar-refractivity contribution < 1.29 is 14.3 Å². The van der Waals surface area contributed by atoms with Crippen molar-refractivity contribution in [2.75, 3.05) is 47.4 Å². The number of benzene rings is 1. The SMILES string of the molecule is COc1ccc2c(c1)cc(C(=O)N1CCOC(CCN(C)C)C1)n2C. The molecular formula is C19H27N3O3. The largest absolute Gasteiger partial charge is 0.497 e. The third-order valence-electron chi connectivity index (χ3n) is 4.79. The average molecular weight is 345 g/mol. The van der Waals surface area contributed by atoms with Crippen LogP contribution in [-0.2, 0) is 11.8 Å². The van der Waals surface area contributed by atoms with Crippen LogP contribution in [0.4, 0.5) is 0 Å². The molecule has 136 valence electrons. The lowest BCUT2D eigenvalue weighted by Gasteiger charge is -2.33. The minimum atomic E-state index is 0.0656. The maximum Gasteiger partial charge on any atom is 0.270 e. The van der Waals surface area contributed by atoms with Crippen molar-refractivity contribution in [3.8, 4) is 5.75 Å². The highest BCUT2D eigenvalue weighted by Crippen LogP contribution is 2.25. The fraction of sp³-hybridized carbons (Fsp3) is 0.526. The molecule has 0 spiro atoms. The molecule has 0 N–H and O–H groups in total. The Morgan fingerprint density at radius 1 is 1.36 bits per heavy atom. The van der Waals surface area contributed by atoms with E-state index < -0.39 is 0 Å². The first-order valence-corrected chi connectivity index (χ1v) is 8.68. The van der Waals surface area contributed by atoms with Crippen molar-refractivity contribution in [1.29, 1.82) is 0 Å². The smallest absolute Gasteiger partial charge is 0.270 e. The quantitative estimate of drug-likeness (QED) is 0.831. The maximum atomic E-state index is 13.0. The molecule has 1 atom stereocenters. The molecule has 1 aromatic carbocycles. The summed E-state index contributed by atoms with van der Waals surface area (Å²) in [6.07, 6.45) is 1.04. The summed E-state index contributed by atoms with van der Waals surface area (Å²) < 4.78 is 13.1. The zero-order chi connectivity index (χ0) is 18.0. The zero-order valence-electron chi connectivity index (χ0n) is 15.5. The van der Waals surface area contributed by atoms with Gasteiger partial charge in [-0.15, -0.1) is 0 Å². The average Bonchev–Trinajstić information content (AvgIpc) is 2.95. The molecular weight excluding hydrogens is 318 g/mol. The fourth-order valence-corrected chi connectivity index (χ4v) is 3.30. The lowest BCUT2D eigenvalue weighted by Crippen LogP contribution is -2.46. The van der Waals surface area contributed by atoms with Gasteiger partial charge in [-0.05, 0) is 44.8 Å².